The van der Waals surface area contributed by atoms with Crippen molar-refractivity contribution in [3.05, 3.63) is 36.5 Å². The lowest BCUT2D eigenvalue weighted by Gasteiger charge is -2.10. The maximum absolute atomic E-state index is 5.65. The number of ether oxygens (including phenoxy) is 2. The number of hydrogen-bond donors (Lipinski definition) is 0. The van der Waals surface area contributed by atoms with Gasteiger partial charge >= 0.3 is 0 Å². The van der Waals surface area contributed by atoms with E-state index in [2.05, 4.69) is 27.4 Å². The van der Waals surface area contributed by atoms with Crippen LogP contribution in [-0.2, 0) is 13.0 Å². The molecular weight excluding hydrogens is 310 g/mol. The third-order valence-corrected chi connectivity index (χ3v) is 3.38. The minimum absolute atomic E-state index is 0.518. The molecular formula is C16H19N5O3. The summed E-state index contributed by atoms with van der Waals surface area (Å²) < 4.78 is 18.0. The summed E-state index contributed by atoms with van der Waals surface area (Å²) >= 11 is 0. The first-order chi connectivity index (χ1) is 11.8. The Bertz CT molecular complexity index is 770. The molecule has 8 nitrogen and oxygen atoms in total. The summed E-state index contributed by atoms with van der Waals surface area (Å²) in [5.74, 6) is 2.42. The Morgan fingerprint density at radius 2 is 2.17 bits per heavy atom. The van der Waals surface area contributed by atoms with Gasteiger partial charge in [0.05, 0.1) is 26.5 Å². The van der Waals surface area contributed by atoms with Gasteiger partial charge in [-0.05, 0) is 24.6 Å². The van der Waals surface area contributed by atoms with E-state index < -0.39 is 0 Å². The first-order valence-corrected chi connectivity index (χ1v) is 7.78. The van der Waals surface area contributed by atoms with Crippen LogP contribution in [0.2, 0.25) is 0 Å². The van der Waals surface area contributed by atoms with Crippen LogP contribution in [0.3, 0.4) is 0 Å². The van der Waals surface area contributed by atoms with Crippen LogP contribution in [0, 0.1) is 0 Å². The predicted octanol–water partition coefficient (Wildman–Crippen LogP) is 2.37. The standard InChI is InChI=1S/C16H19N5O3/c1-3-10-23-13-5-4-12(11-14(13)22-2)16-18-15(24-19-16)6-8-21-9-7-17-20-21/h4-5,7,9,11H,3,6,8,10H2,1-2H3. The van der Waals surface area contributed by atoms with E-state index in [4.69, 9.17) is 14.0 Å². The van der Waals surface area contributed by atoms with E-state index >= 15 is 0 Å². The quantitative estimate of drug-likeness (QED) is 0.627. The Balaban J connectivity index is 1.72. The molecule has 0 radical (unpaired) electrons. The van der Waals surface area contributed by atoms with Gasteiger partial charge in [-0.3, -0.25) is 4.68 Å². The van der Waals surface area contributed by atoms with Gasteiger partial charge in [0, 0.05) is 18.2 Å². The summed E-state index contributed by atoms with van der Waals surface area (Å²) in [5, 5.41) is 11.7. The van der Waals surface area contributed by atoms with Crippen LogP contribution in [-0.4, -0.2) is 38.9 Å². The van der Waals surface area contributed by atoms with E-state index in [-0.39, 0.29) is 0 Å². The highest BCUT2D eigenvalue weighted by Crippen LogP contribution is 2.31. The molecule has 0 aliphatic heterocycles. The van der Waals surface area contributed by atoms with Crippen LogP contribution in [0.25, 0.3) is 11.4 Å². The van der Waals surface area contributed by atoms with Gasteiger partial charge in [-0.25, -0.2) is 0 Å². The molecule has 0 aliphatic rings. The van der Waals surface area contributed by atoms with E-state index in [9.17, 15) is 0 Å². The van der Waals surface area contributed by atoms with Gasteiger partial charge in [-0.2, -0.15) is 4.98 Å². The van der Waals surface area contributed by atoms with Crippen molar-refractivity contribution in [1.82, 2.24) is 25.1 Å². The van der Waals surface area contributed by atoms with Crippen molar-refractivity contribution >= 4 is 0 Å². The van der Waals surface area contributed by atoms with Crippen LogP contribution in [0.1, 0.15) is 19.2 Å². The van der Waals surface area contributed by atoms with Crippen molar-refractivity contribution in [2.45, 2.75) is 26.3 Å². The Kier molecular flexibility index (Phi) is 5.05. The van der Waals surface area contributed by atoms with Crippen LogP contribution in [0.5, 0.6) is 11.5 Å². The van der Waals surface area contributed by atoms with E-state index in [0.29, 0.717) is 42.8 Å². The molecule has 0 aliphatic carbocycles. The molecule has 8 heteroatoms. The fourth-order valence-corrected chi connectivity index (χ4v) is 2.17. The van der Waals surface area contributed by atoms with Crippen LogP contribution in [0.4, 0.5) is 0 Å². The average Bonchev–Trinajstić information content (AvgIpc) is 3.29. The lowest BCUT2D eigenvalue weighted by atomic mass is 10.2. The first kappa shape index (κ1) is 16.0. The van der Waals surface area contributed by atoms with Crippen molar-refractivity contribution in [2.75, 3.05) is 13.7 Å². The fraction of sp³-hybridized carbons (Fsp3) is 0.375. The monoisotopic (exact) mass is 329 g/mol. The summed E-state index contributed by atoms with van der Waals surface area (Å²) in [6, 6.07) is 5.59. The molecule has 0 bridgehead atoms. The Morgan fingerprint density at radius 1 is 1.25 bits per heavy atom. The van der Waals surface area contributed by atoms with Crippen LogP contribution >= 0.6 is 0 Å². The molecule has 0 fully saturated rings. The molecule has 0 saturated heterocycles. The molecule has 24 heavy (non-hydrogen) atoms. The average molecular weight is 329 g/mol. The normalized spacial score (nSPS) is 10.8. The highest BCUT2D eigenvalue weighted by Gasteiger charge is 2.12. The number of nitrogens with zero attached hydrogens (tertiary/aromatic N) is 5. The summed E-state index contributed by atoms with van der Waals surface area (Å²) in [4.78, 5) is 4.41. The van der Waals surface area contributed by atoms with Gasteiger partial charge in [0.1, 0.15) is 0 Å². The van der Waals surface area contributed by atoms with Crippen molar-refractivity contribution in [3.8, 4) is 22.9 Å². The molecule has 2 heterocycles. The van der Waals surface area contributed by atoms with Gasteiger partial charge in [0.15, 0.2) is 11.5 Å². The number of hydrogen-bond acceptors (Lipinski definition) is 7. The number of methoxy groups -OCH3 is 1. The lowest BCUT2D eigenvalue weighted by molar-refractivity contribution is 0.294. The van der Waals surface area contributed by atoms with E-state index in [1.165, 1.54) is 0 Å². The third kappa shape index (κ3) is 3.70. The van der Waals surface area contributed by atoms with E-state index in [1.807, 2.05) is 18.2 Å². The molecule has 126 valence electrons. The molecule has 0 N–H and O–H groups in total. The second-order valence-electron chi connectivity index (χ2n) is 5.14. The molecule has 2 aromatic heterocycles. The highest BCUT2D eigenvalue weighted by molar-refractivity contribution is 5.60. The zero-order valence-electron chi connectivity index (χ0n) is 13.7. The van der Waals surface area contributed by atoms with Gasteiger partial charge in [-0.15, -0.1) is 5.10 Å². The maximum atomic E-state index is 5.65. The Morgan fingerprint density at radius 3 is 2.92 bits per heavy atom. The number of benzene rings is 1. The number of rotatable bonds is 8. The fourth-order valence-electron chi connectivity index (χ4n) is 2.17. The highest BCUT2D eigenvalue weighted by atomic mass is 16.5. The third-order valence-electron chi connectivity index (χ3n) is 3.38. The summed E-state index contributed by atoms with van der Waals surface area (Å²) in [5.41, 5.74) is 0.812. The zero-order chi connectivity index (χ0) is 16.8. The second-order valence-corrected chi connectivity index (χ2v) is 5.14. The predicted molar refractivity (Wildman–Crippen MR) is 85.8 cm³/mol. The Hall–Kier alpha value is -2.90. The SMILES string of the molecule is CCCOc1ccc(-c2noc(CCn3ccnn3)n2)cc1OC. The lowest BCUT2D eigenvalue weighted by Crippen LogP contribution is -2.02. The van der Waals surface area contributed by atoms with Gasteiger partial charge in [0.2, 0.25) is 11.7 Å². The van der Waals surface area contributed by atoms with Crippen molar-refractivity contribution in [2.24, 2.45) is 0 Å². The topological polar surface area (TPSA) is 88.1 Å². The Labute approximate surface area is 139 Å². The van der Waals surface area contributed by atoms with Crippen molar-refractivity contribution in [3.63, 3.8) is 0 Å². The van der Waals surface area contributed by atoms with Crippen LogP contribution in [0.15, 0.2) is 35.1 Å². The van der Waals surface area contributed by atoms with Gasteiger partial charge in [0.25, 0.3) is 0 Å². The molecule has 1 aromatic carbocycles. The van der Waals surface area contributed by atoms with Crippen molar-refractivity contribution in [1.29, 1.82) is 0 Å². The molecule has 0 saturated carbocycles. The molecule has 3 rings (SSSR count). The minimum Gasteiger partial charge on any atom is -0.493 e. The summed E-state index contributed by atoms with van der Waals surface area (Å²) in [7, 11) is 1.61. The molecule has 3 aromatic rings. The van der Waals surface area contributed by atoms with Gasteiger partial charge < -0.3 is 14.0 Å². The zero-order valence-corrected chi connectivity index (χ0v) is 13.7. The summed E-state index contributed by atoms with van der Waals surface area (Å²) in [6.45, 7) is 3.33. The van der Waals surface area contributed by atoms with E-state index in [1.54, 1.807) is 24.2 Å². The molecule has 0 spiro atoms. The maximum Gasteiger partial charge on any atom is 0.228 e. The van der Waals surface area contributed by atoms with Crippen LogP contribution < -0.4 is 9.47 Å². The second kappa shape index (κ2) is 7.58. The minimum atomic E-state index is 0.518. The largest absolute Gasteiger partial charge is 0.493 e. The first-order valence-electron chi connectivity index (χ1n) is 7.78. The van der Waals surface area contributed by atoms with Crippen molar-refractivity contribution < 1.29 is 14.0 Å². The molecule has 0 amide bonds. The summed E-state index contributed by atoms with van der Waals surface area (Å²) in [6.07, 6.45) is 4.95. The number of aromatic nitrogens is 5. The number of aryl methyl sites for hydroxylation is 2. The van der Waals surface area contributed by atoms with Gasteiger partial charge in [-0.1, -0.05) is 17.3 Å². The smallest absolute Gasteiger partial charge is 0.228 e. The molecule has 0 atom stereocenters. The molecule has 0 unspecified atom stereocenters. The van der Waals surface area contributed by atoms with E-state index in [0.717, 1.165) is 12.0 Å².